The fourth-order valence-corrected chi connectivity index (χ4v) is 1.25. The van der Waals surface area contributed by atoms with Gasteiger partial charge in [0.1, 0.15) is 0 Å². The average Bonchev–Trinajstić information content (AvgIpc) is 2.01. The van der Waals surface area contributed by atoms with E-state index in [1.165, 1.54) is 0 Å². The first-order valence-corrected chi connectivity index (χ1v) is 5.79. The molecule has 0 bridgehead atoms. The highest BCUT2D eigenvalue weighted by molar-refractivity contribution is 4.76. The van der Waals surface area contributed by atoms with Gasteiger partial charge in [-0.15, -0.1) is 0 Å². The Bertz CT molecular complexity index is 167. The van der Waals surface area contributed by atoms with E-state index in [1.807, 2.05) is 19.0 Å². The lowest BCUT2D eigenvalue weighted by molar-refractivity contribution is 0.127. The fourth-order valence-electron chi connectivity index (χ4n) is 1.25. The Kier molecular flexibility index (Phi) is 6.41. The number of hydrogen-bond donors (Lipinski definition) is 2. The lowest BCUT2D eigenvalue weighted by Gasteiger charge is -2.30. The third kappa shape index (κ3) is 6.88. The molecule has 0 aromatic carbocycles. The quantitative estimate of drug-likeness (QED) is 0.671. The van der Waals surface area contributed by atoms with E-state index in [-0.39, 0.29) is 11.5 Å². The Hall–Kier alpha value is -0.120. The highest BCUT2D eigenvalue weighted by Gasteiger charge is 2.21. The highest BCUT2D eigenvalue weighted by atomic mass is 16.3. The maximum Gasteiger partial charge on any atom is 0.0791 e. The van der Waals surface area contributed by atoms with Crippen LogP contribution in [-0.4, -0.2) is 49.8 Å². The Morgan fingerprint density at radius 1 is 1.27 bits per heavy atom. The van der Waals surface area contributed by atoms with Crippen molar-refractivity contribution >= 4 is 0 Å². The van der Waals surface area contributed by atoms with Gasteiger partial charge < -0.3 is 15.3 Å². The molecule has 0 aromatic heterocycles. The van der Waals surface area contributed by atoms with Gasteiger partial charge in [0.15, 0.2) is 0 Å². The molecule has 3 nitrogen and oxygen atoms in total. The number of likely N-dealkylation sites (N-methyl/N-ethyl adjacent to an activating group) is 1. The van der Waals surface area contributed by atoms with E-state index in [2.05, 4.69) is 33.0 Å². The monoisotopic (exact) mass is 216 g/mol. The Labute approximate surface area is 94.9 Å². The van der Waals surface area contributed by atoms with Crippen LogP contribution in [0.1, 0.15) is 27.7 Å². The molecule has 92 valence electrons. The minimum Gasteiger partial charge on any atom is -0.390 e. The predicted octanol–water partition coefficient (Wildman–Crippen LogP) is 1.18. The molecular weight excluding hydrogens is 188 g/mol. The molecular formula is C12H28N2O. The number of rotatable bonds is 7. The second-order valence-electron chi connectivity index (χ2n) is 5.69. The van der Waals surface area contributed by atoms with Crippen LogP contribution in [0.2, 0.25) is 0 Å². The molecule has 1 unspecified atom stereocenters. The molecule has 0 amide bonds. The van der Waals surface area contributed by atoms with Crippen molar-refractivity contribution in [3.63, 3.8) is 0 Å². The summed E-state index contributed by atoms with van der Waals surface area (Å²) in [5, 5.41) is 13.0. The Morgan fingerprint density at radius 2 is 1.80 bits per heavy atom. The normalized spacial score (nSPS) is 15.0. The second-order valence-corrected chi connectivity index (χ2v) is 5.69. The number of aliphatic hydroxyl groups excluding tert-OH is 1. The van der Waals surface area contributed by atoms with Crippen LogP contribution < -0.4 is 5.32 Å². The number of hydrogen-bond acceptors (Lipinski definition) is 3. The summed E-state index contributed by atoms with van der Waals surface area (Å²) in [6, 6.07) is 0. The van der Waals surface area contributed by atoms with E-state index in [9.17, 15) is 5.11 Å². The summed E-state index contributed by atoms with van der Waals surface area (Å²) in [5.41, 5.74) is 0.290. The van der Waals surface area contributed by atoms with Gasteiger partial charge in [0.05, 0.1) is 6.10 Å². The van der Waals surface area contributed by atoms with Crippen LogP contribution in [-0.2, 0) is 0 Å². The van der Waals surface area contributed by atoms with E-state index >= 15 is 0 Å². The molecule has 2 N–H and O–H groups in total. The van der Waals surface area contributed by atoms with Gasteiger partial charge in [0.25, 0.3) is 0 Å². The lowest BCUT2D eigenvalue weighted by atomic mass is 9.81. The maximum absolute atomic E-state index is 9.65. The smallest absolute Gasteiger partial charge is 0.0791 e. The molecule has 0 spiro atoms. The molecule has 0 aliphatic carbocycles. The largest absolute Gasteiger partial charge is 0.390 e. The molecule has 0 aromatic rings. The van der Waals surface area contributed by atoms with E-state index < -0.39 is 0 Å². The van der Waals surface area contributed by atoms with Crippen molar-refractivity contribution in [1.29, 1.82) is 0 Å². The van der Waals surface area contributed by atoms with Crippen molar-refractivity contribution in [2.24, 2.45) is 11.3 Å². The van der Waals surface area contributed by atoms with Crippen LogP contribution in [0.15, 0.2) is 0 Å². The first-order valence-electron chi connectivity index (χ1n) is 5.79. The molecule has 0 aliphatic heterocycles. The van der Waals surface area contributed by atoms with Crippen LogP contribution >= 0.6 is 0 Å². The number of nitrogens with one attached hydrogen (secondary N) is 1. The predicted molar refractivity (Wildman–Crippen MR) is 66.0 cm³/mol. The van der Waals surface area contributed by atoms with Crippen molar-refractivity contribution in [2.75, 3.05) is 33.7 Å². The van der Waals surface area contributed by atoms with Gasteiger partial charge in [0, 0.05) is 19.6 Å². The Morgan fingerprint density at radius 3 is 2.20 bits per heavy atom. The standard InChI is InChI=1S/C12H28N2O/c1-10(2)12(3,4)9-13-7-11(15)8-14(5)6/h10-11,13,15H,7-9H2,1-6H3. The third-order valence-electron chi connectivity index (χ3n) is 3.10. The fraction of sp³-hybridized carbons (Fsp3) is 1.00. The summed E-state index contributed by atoms with van der Waals surface area (Å²) in [7, 11) is 3.95. The van der Waals surface area contributed by atoms with E-state index in [1.54, 1.807) is 0 Å². The van der Waals surface area contributed by atoms with Gasteiger partial charge in [-0.2, -0.15) is 0 Å². The average molecular weight is 216 g/mol. The minimum absolute atomic E-state index is 0.275. The molecule has 0 rings (SSSR count). The van der Waals surface area contributed by atoms with E-state index in [4.69, 9.17) is 0 Å². The van der Waals surface area contributed by atoms with Crippen molar-refractivity contribution < 1.29 is 5.11 Å². The van der Waals surface area contributed by atoms with E-state index in [0.29, 0.717) is 12.5 Å². The van der Waals surface area contributed by atoms with Gasteiger partial charge in [-0.05, 0) is 25.4 Å². The molecule has 0 saturated heterocycles. The molecule has 3 heteroatoms. The highest BCUT2D eigenvalue weighted by Crippen LogP contribution is 2.24. The molecule has 0 saturated carbocycles. The second kappa shape index (κ2) is 6.46. The lowest BCUT2D eigenvalue weighted by Crippen LogP contribution is -2.40. The summed E-state index contributed by atoms with van der Waals surface area (Å²) < 4.78 is 0. The first-order chi connectivity index (χ1) is 6.75. The SMILES string of the molecule is CC(C)C(C)(C)CNCC(O)CN(C)C. The molecule has 0 aliphatic rings. The van der Waals surface area contributed by atoms with Gasteiger partial charge in [0.2, 0.25) is 0 Å². The summed E-state index contributed by atoms with van der Waals surface area (Å²) in [4.78, 5) is 2.00. The third-order valence-corrected chi connectivity index (χ3v) is 3.10. The summed E-state index contributed by atoms with van der Waals surface area (Å²) in [6.07, 6.45) is -0.275. The van der Waals surface area contributed by atoms with Gasteiger partial charge in [-0.25, -0.2) is 0 Å². The maximum atomic E-state index is 9.65. The van der Waals surface area contributed by atoms with Crippen molar-refractivity contribution in [3.05, 3.63) is 0 Å². The molecule has 1 atom stereocenters. The molecule has 0 heterocycles. The van der Waals surface area contributed by atoms with E-state index in [0.717, 1.165) is 13.1 Å². The van der Waals surface area contributed by atoms with Crippen molar-refractivity contribution in [1.82, 2.24) is 10.2 Å². The van der Waals surface area contributed by atoms with Gasteiger partial charge in [-0.1, -0.05) is 27.7 Å². The summed E-state index contributed by atoms with van der Waals surface area (Å²) in [5.74, 6) is 0.649. The van der Waals surface area contributed by atoms with Crippen LogP contribution in [0.25, 0.3) is 0 Å². The van der Waals surface area contributed by atoms with Crippen LogP contribution in [0.5, 0.6) is 0 Å². The van der Waals surface area contributed by atoms with Gasteiger partial charge in [-0.3, -0.25) is 0 Å². The van der Waals surface area contributed by atoms with Crippen LogP contribution in [0.3, 0.4) is 0 Å². The summed E-state index contributed by atoms with van der Waals surface area (Å²) >= 11 is 0. The molecule has 0 fully saturated rings. The van der Waals surface area contributed by atoms with Crippen LogP contribution in [0.4, 0.5) is 0 Å². The van der Waals surface area contributed by atoms with Crippen molar-refractivity contribution in [2.45, 2.75) is 33.8 Å². The van der Waals surface area contributed by atoms with Crippen LogP contribution in [0, 0.1) is 11.3 Å². The van der Waals surface area contributed by atoms with Gasteiger partial charge >= 0.3 is 0 Å². The summed E-state index contributed by atoms with van der Waals surface area (Å²) in [6.45, 7) is 11.3. The number of aliphatic hydroxyl groups is 1. The zero-order valence-electron chi connectivity index (χ0n) is 11.2. The number of nitrogens with zero attached hydrogens (tertiary/aromatic N) is 1. The molecule has 0 radical (unpaired) electrons. The minimum atomic E-state index is -0.275. The first kappa shape index (κ1) is 14.9. The van der Waals surface area contributed by atoms with Crippen molar-refractivity contribution in [3.8, 4) is 0 Å². The topological polar surface area (TPSA) is 35.5 Å². The molecule has 15 heavy (non-hydrogen) atoms. The zero-order valence-corrected chi connectivity index (χ0v) is 11.2. The Balaban J connectivity index is 3.70. The zero-order chi connectivity index (χ0) is 12.1.